The zero-order valence-corrected chi connectivity index (χ0v) is 12.7. The normalized spacial score (nSPS) is 12.5. The molecule has 4 nitrogen and oxygen atoms in total. The second-order valence-corrected chi connectivity index (χ2v) is 5.65. The molecule has 2 aromatic carbocycles. The van der Waals surface area contributed by atoms with E-state index in [1.807, 2.05) is 68.4 Å². The van der Waals surface area contributed by atoms with Gasteiger partial charge in [0.1, 0.15) is 11.9 Å². The van der Waals surface area contributed by atoms with Gasteiger partial charge in [-0.05, 0) is 17.7 Å². The van der Waals surface area contributed by atoms with E-state index in [9.17, 15) is 4.79 Å². The average Bonchev–Trinajstić information content (AvgIpc) is 2.96. The van der Waals surface area contributed by atoms with Crippen LogP contribution in [-0.2, 0) is 4.79 Å². The first kappa shape index (κ1) is 14.3. The molecule has 1 atom stereocenters. The minimum atomic E-state index is -0.275. The molecule has 112 valence electrons. The zero-order valence-electron chi connectivity index (χ0n) is 12.7. The number of H-pyrrole nitrogens is 1. The maximum atomic E-state index is 12.2. The van der Waals surface area contributed by atoms with Crippen LogP contribution in [-0.4, -0.2) is 15.9 Å². The van der Waals surface area contributed by atoms with E-state index in [4.69, 9.17) is 0 Å². The van der Waals surface area contributed by atoms with Crippen molar-refractivity contribution in [2.45, 2.75) is 19.9 Å². The predicted octanol–water partition coefficient (Wildman–Crippen LogP) is 3.42. The highest BCUT2D eigenvalue weighted by atomic mass is 16.1. The smallest absolute Gasteiger partial charge is 0.223 e. The lowest BCUT2D eigenvalue weighted by molar-refractivity contribution is -0.124. The van der Waals surface area contributed by atoms with Crippen molar-refractivity contribution in [3.05, 3.63) is 66.0 Å². The summed E-state index contributed by atoms with van der Waals surface area (Å²) in [4.78, 5) is 20.1. The third kappa shape index (κ3) is 2.86. The Hall–Kier alpha value is -2.62. The number of nitrogens with one attached hydrogen (secondary N) is 2. The number of benzene rings is 2. The molecular weight excluding hydrogens is 274 g/mol. The molecule has 0 bridgehead atoms. The van der Waals surface area contributed by atoms with Crippen molar-refractivity contribution < 1.29 is 4.79 Å². The fourth-order valence-electron chi connectivity index (χ4n) is 2.37. The Kier molecular flexibility index (Phi) is 3.92. The Morgan fingerprint density at radius 3 is 2.41 bits per heavy atom. The van der Waals surface area contributed by atoms with Crippen molar-refractivity contribution in [2.75, 3.05) is 0 Å². The fourth-order valence-corrected chi connectivity index (χ4v) is 2.37. The maximum Gasteiger partial charge on any atom is 0.223 e. The summed E-state index contributed by atoms with van der Waals surface area (Å²) in [7, 11) is 0. The molecule has 0 spiro atoms. The Morgan fingerprint density at radius 1 is 1.05 bits per heavy atom. The molecule has 1 unspecified atom stereocenters. The van der Waals surface area contributed by atoms with Crippen molar-refractivity contribution in [1.29, 1.82) is 0 Å². The monoisotopic (exact) mass is 293 g/mol. The minimum Gasteiger partial charge on any atom is -0.342 e. The maximum absolute atomic E-state index is 12.2. The molecule has 0 aliphatic heterocycles. The summed E-state index contributed by atoms with van der Waals surface area (Å²) in [6, 6.07) is 17.5. The molecule has 0 saturated carbocycles. The van der Waals surface area contributed by atoms with Gasteiger partial charge >= 0.3 is 0 Å². The molecule has 0 saturated heterocycles. The summed E-state index contributed by atoms with van der Waals surface area (Å²) in [6.07, 6.45) is 0. The fraction of sp³-hybridized carbons (Fsp3) is 0.222. The number of para-hydroxylation sites is 2. The first-order chi connectivity index (χ1) is 10.6. The molecule has 2 N–H and O–H groups in total. The van der Waals surface area contributed by atoms with Gasteiger partial charge in [-0.2, -0.15) is 0 Å². The van der Waals surface area contributed by atoms with E-state index < -0.39 is 0 Å². The largest absolute Gasteiger partial charge is 0.342 e. The number of aromatic nitrogens is 2. The molecule has 3 aromatic rings. The van der Waals surface area contributed by atoms with E-state index in [1.165, 1.54) is 0 Å². The third-order valence-corrected chi connectivity index (χ3v) is 3.63. The first-order valence-electron chi connectivity index (χ1n) is 7.45. The van der Waals surface area contributed by atoms with Crippen LogP contribution in [0.25, 0.3) is 11.0 Å². The molecule has 1 amide bonds. The van der Waals surface area contributed by atoms with Gasteiger partial charge in [-0.15, -0.1) is 0 Å². The average molecular weight is 293 g/mol. The second-order valence-electron chi connectivity index (χ2n) is 5.65. The van der Waals surface area contributed by atoms with Crippen molar-refractivity contribution in [3.63, 3.8) is 0 Å². The van der Waals surface area contributed by atoms with Gasteiger partial charge in [0.25, 0.3) is 0 Å². The highest BCUT2D eigenvalue weighted by Crippen LogP contribution is 2.22. The zero-order chi connectivity index (χ0) is 15.5. The number of carbonyl (C=O) groups is 1. The molecule has 0 aliphatic carbocycles. The van der Waals surface area contributed by atoms with Crippen LogP contribution in [0.3, 0.4) is 0 Å². The van der Waals surface area contributed by atoms with Crippen LogP contribution in [0.4, 0.5) is 0 Å². The van der Waals surface area contributed by atoms with Gasteiger partial charge in [-0.1, -0.05) is 56.3 Å². The van der Waals surface area contributed by atoms with E-state index in [0.29, 0.717) is 0 Å². The van der Waals surface area contributed by atoms with Crippen LogP contribution in [0.15, 0.2) is 54.6 Å². The molecule has 0 fully saturated rings. The number of nitrogens with zero attached hydrogens (tertiary/aromatic N) is 1. The number of amides is 1. The van der Waals surface area contributed by atoms with Gasteiger partial charge < -0.3 is 10.3 Å². The second kappa shape index (κ2) is 6.02. The number of imidazole rings is 1. The SMILES string of the molecule is CC(C)C(=O)NC(c1ccccc1)c1nc2ccccc2[nH]1. The van der Waals surface area contributed by atoms with E-state index in [-0.39, 0.29) is 17.9 Å². The van der Waals surface area contributed by atoms with Gasteiger partial charge in [0.05, 0.1) is 11.0 Å². The Bertz CT molecular complexity index is 744. The van der Waals surface area contributed by atoms with Crippen LogP contribution in [0.1, 0.15) is 31.3 Å². The topological polar surface area (TPSA) is 57.8 Å². The lowest BCUT2D eigenvalue weighted by Crippen LogP contribution is -2.33. The van der Waals surface area contributed by atoms with Crippen LogP contribution < -0.4 is 5.32 Å². The number of rotatable bonds is 4. The summed E-state index contributed by atoms with van der Waals surface area (Å²) in [6.45, 7) is 3.77. The molecule has 0 aliphatic rings. The highest BCUT2D eigenvalue weighted by Gasteiger charge is 2.21. The van der Waals surface area contributed by atoms with Crippen LogP contribution in [0, 0.1) is 5.92 Å². The summed E-state index contributed by atoms with van der Waals surface area (Å²) in [5, 5.41) is 3.08. The number of hydrogen-bond donors (Lipinski definition) is 2. The van der Waals surface area contributed by atoms with Gasteiger partial charge in [-0.3, -0.25) is 4.79 Å². The number of aromatic amines is 1. The molecule has 3 rings (SSSR count). The molecule has 0 radical (unpaired) electrons. The van der Waals surface area contributed by atoms with E-state index in [0.717, 1.165) is 22.4 Å². The lowest BCUT2D eigenvalue weighted by atomic mass is 10.1. The first-order valence-corrected chi connectivity index (χ1v) is 7.45. The van der Waals surface area contributed by atoms with Crippen molar-refractivity contribution in [3.8, 4) is 0 Å². The number of fused-ring (bicyclic) bond motifs is 1. The Balaban J connectivity index is 2.02. The summed E-state index contributed by atoms with van der Waals surface area (Å²) in [5.74, 6) is 0.686. The lowest BCUT2D eigenvalue weighted by Gasteiger charge is -2.18. The van der Waals surface area contributed by atoms with Gasteiger partial charge in [-0.25, -0.2) is 4.98 Å². The van der Waals surface area contributed by atoms with Crippen LogP contribution in [0.5, 0.6) is 0 Å². The molecule has 1 heterocycles. The molecule has 1 aromatic heterocycles. The Morgan fingerprint density at radius 2 is 1.73 bits per heavy atom. The number of hydrogen-bond acceptors (Lipinski definition) is 2. The minimum absolute atomic E-state index is 0.00862. The van der Waals surface area contributed by atoms with E-state index in [2.05, 4.69) is 15.3 Å². The van der Waals surface area contributed by atoms with Crippen molar-refractivity contribution in [1.82, 2.24) is 15.3 Å². The van der Waals surface area contributed by atoms with Gasteiger partial charge in [0.2, 0.25) is 5.91 Å². The van der Waals surface area contributed by atoms with E-state index >= 15 is 0 Å². The molecular formula is C18H19N3O. The van der Waals surface area contributed by atoms with Crippen LogP contribution >= 0.6 is 0 Å². The standard InChI is InChI=1S/C18H19N3O/c1-12(2)18(22)21-16(13-8-4-3-5-9-13)17-19-14-10-6-7-11-15(14)20-17/h3-12,16H,1-2H3,(H,19,20)(H,21,22). The third-order valence-electron chi connectivity index (χ3n) is 3.63. The Labute approximate surface area is 129 Å². The highest BCUT2D eigenvalue weighted by molar-refractivity contribution is 5.79. The molecule has 4 heteroatoms. The van der Waals surface area contributed by atoms with Crippen LogP contribution in [0.2, 0.25) is 0 Å². The number of carbonyl (C=O) groups excluding carboxylic acids is 1. The predicted molar refractivity (Wildman–Crippen MR) is 87.4 cm³/mol. The summed E-state index contributed by atoms with van der Waals surface area (Å²) in [5.41, 5.74) is 2.88. The van der Waals surface area contributed by atoms with Gasteiger partial charge in [0.15, 0.2) is 0 Å². The summed E-state index contributed by atoms with van der Waals surface area (Å²) < 4.78 is 0. The molecule has 22 heavy (non-hydrogen) atoms. The van der Waals surface area contributed by atoms with Crippen molar-refractivity contribution >= 4 is 16.9 Å². The van der Waals surface area contributed by atoms with Gasteiger partial charge in [0, 0.05) is 5.92 Å². The quantitative estimate of drug-likeness (QED) is 0.774. The van der Waals surface area contributed by atoms with Crippen molar-refractivity contribution in [2.24, 2.45) is 5.92 Å². The van der Waals surface area contributed by atoms with E-state index in [1.54, 1.807) is 0 Å². The summed E-state index contributed by atoms with van der Waals surface area (Å²) >= 11 is 0.